The van der Waals surface area contributed by atoms with Crippen molar-refractivity contribution in [1.29, 1.82) is 0 Å². The Labute approximate surface area is 77.2 Å². The van der Waals surface area contributed by atoms with E-state index in [4.69, 9.17) is 0 Å². The summed E-state index contributed by atoms with van der Waals surface area (Å²) < 4.78 is 13.1. The van der Waals surface area contributed by atoms with E-state index >= 15 is 0 Å². The lowest BCUT2D eigenvalue weighted by molar-refractivity contribution is 0.140. The predicted molar refractivity (Wildman–Crippen MR) is 48.9 cm³/mol. The summed E-state index contributed by atoms with van der Waals surface area (Å²) in [7, 11) is 0. The fraction of sp³-hybridized carbons (Fsp3) is 0.455. The van der Waals surface area contributed by atoms with Crippen molar-refractivity contribution < 1.29 is 9.50 Å². The molecular weight excluding hydrogens is 167 g/mol. The van der Waals surface area contributed by atoms with Crippen LogP contribution >= 0.6 is 0 Å². The number of aryl methyl sites for hydroxylation is 1. The number of aliphatic hydroxyl groups is 1. The molecule has 0 amide bonds. The molecular formula is C11H13FO. The molecule has 1 aromatic rings. The minimum absolute atomic E-state index is 0.160. The highest BCUT2D eigenvalue weighted by molar-refractivity contribution is 5.18. The number of hydrogen-bond donors (Lipinski definition) is 1. The van der Waals surface area contributed by atoms with E-state index in [1.165, 1.54) is 6.07 Å². The Morgan fingerprint density at radius 1 is 1.31 bits per heavy atom. The molecule has 0 atom stereocenters. The van der Waals surface area contributed by atoms with Gasteiger partial charge in [0.1, 0.15) is 5.82 Å². The molecule has 1 nitrogen and oxygen atoms in total. The van der Waals surface area contributed by atoms with Crippen LogP contribution in [0.1, 0.15) is 24.8 Å². The molecule has 0 bridgehead atoms. The Hall–Kier alpha value is -0.890. The van der Waals surface area contributed by atoms with E-state index in [0.717, 1.165) is 12.8 Å². The van der Waals surface area contributed by atoms with Crippen molar-refractivity contribution >= 4 is 0 Å². The largest absolute Gasteiger partial charge is 0.390 e. The normalized spacial score (nSPS) is 18.6. The van der Waals surface area contributed by atoms with Gasteiger partial charge in [-0.15, -0.1) is 0 Å². The Bertz CT molecular complexity index is 305. The number of hydrogen-bond acceptors (Lipinski definition) is 1. The molecule has 2 heteroatoms. The van der Waals surface area contributed by atoms with Crippen LogP contribution in [0.25, 0.3) is 0 Å². The molecule has 0 aliphatic heterocycles. The van der Waals surface area contributed by atoms with Crippen molar-refractivity contribution in [3.05, 3.63) is 35.6 Å². The third kappa shape index (κ3) is 2.07. The molecule has 1 aromatic carbocycles. The summed E-state index contributed by atoms with van der Waals surface area (Å²) in [6, 6.07) is 6.76. The van der Waals surface area contributed by atoms with Crippen LogP contribution in [-0.4, -0.2) is 10.7 Å². The maximum absolute atomic E-state index is 13.1. The van der Waals surface area contributed by atoms with Crippen molar-refractivity contribution in [1.82, 2.24) is 0 Å². The molecule has 13 heavy (non-hydrogen) atoms. The van der Waals surface area contributed by atoms with E-state index in [9.17, 15) is 9.50 Å². The Kier molecular flexibility index (Phi) is 2.08. The van der Waals surface area contributed by atoms with Crippen LogP contribution in [0.15, 0.2) is 24.3 Å². The highest BCUT2D eigenvalue weighted by atomic mass is 19.1. The monoisotopic (exact) mass is 180 g/mol. The highest BCUT2D eigenvalue weighted by Crippen LogP contribution is 2.39. The van der Waals surface area contributed by atoms with E-state index in [2.05, 4.69) is 0 Å². The first-order valence-corrected chi connectivity index (χ1v) is 4.65. The van der Waals surface area contributed by atoms with E-state index in [1.807, 2.05) is 6.07 Å². The third-order valence-corrected chi connectivity index (χ3v) is 2.64. The van der Waals surface area contributed by atoms with Crippen LogP contribution in [0.2, 0.25) is 0 Å². The zero-order valence-electron chi connectivity index (χ0n) is 7.46. The lowest BCUT2D eigenvalue weighted by atomic mass is 10.1. The second-order valence-corrected chi connectivity index (χ2v) is 3.82. The molecule has 0 aromatic heterocycles. The highest BCUT2D eigenvalue weighted by Gasteiger charge is 2.39. The van der Waals surface area contributed by atoms with E-state index < -0.39 is 5.60 Å². The Morgan fingerprint density at radius 3 is 2.62 bits per heavy atom. The van der Waals surface area contributed by atoms with E-state index in [1.54, 1.807) is 12.1 Å². The number of benzene rings is 1. The maximum atomic E-state index is 13.1. The average molecular weight is 180 g/mol. The topological polar surface area (TPSA) is 20.2 Å². The van der Waals surface area contributed by atoms with Gasteiger partial charge in [0.15, 0.2) is 0 Å². The molecule has 1 N–H and O–H groups in total. The van der Waals surface area contributed by atoms with Crippen LogP contribution in [0.5, 0.6) is 0 Å². The van der Waals surface area contributed by atoms with Gasteiger partial charge in [-0.25, -0.2) is 4.39 Å². The molecule has 1 aliphatic carbocycles. The van der Waals surface area contributed by atoms with Crippen molar-refractivity contribution in [3.8, 4) is 0 Å². The molecule has 1 fully saturated rings. The third-order valence-electron chi connectivity index (χ3n) is 2.64. The Balaban J connectivity index is 1.97. The summed E-state index contributed by atoms with van der Waals surface area (Å²) in [5, 5.41) is 9.56. The molecule has 0 spiro atoms. The second kappa shape index (κ2) is 3.11. The standard InChI is InChI=1S/C11H13FO/c12-10-4-2-1-3-9(10)5-6-11(13)7-8-11/h1-4,13H,5-8H2. The fourth-order valence-electron chi connectivity index (χ4n) is 1.46. The maximum Gasteiger partial charge on any atom is 0.126 e. The number of halogens is 1. The first-order chi connectivity index (χ1) is 6.20. The fourth-order valence-corrected chi connectivity index (χ4v) is 1.46. The first-order valence-electron chi connectivity index (χ1n) is 4.65. The van der Waals surface area contributed by atoms with Crippen molar-refractivity contribution in [2.24, 2.45) is 0 Å². The number of rotatable bonds is 3. The molecule has 1 saturated carbocycles. The SMILES string of the molecule is OC1(CCc2ccccc2F)CC1. The minimum Gasteiger partial charge on any atom is -0.390 e. The van der Waals surface area contributed by atoms with Gasteiger partial charge in [0.25, 0.3) is 0 Å². The second-order valence-electron chi connectivity index (χ2n) is 3.82. The quantitative estimate of drug-likeness (QED) is 0.756. The van der Waals surface area contributed by atoms with Crippen molar-refractivity contribution in [3.63, 3.8) is 0 Å². The zero-order valence-corrected chi connectivity index (χ0v) is 7.46. The average Bonchev–Trinajstić information content (AvgIpc) is 2.83. The van der Waals surface area contributed by atoms with Crippen molar-refractivity contribution in [2.75, 3.05) is 0 Å². The molecule has 1 aliphatic rings. The van der Waals surface area contributed by atoms with E-state index in [-0.39, 0.29) is 5.82 Å². The van der Waals surface area contributed by atoms with Gasteiger partial charge in [-0.2, -0.15) is 0 Å². The van der Waals surface area contributed by atoms with Crippen LogP contribution in [0, 0.1) is 5.82 Å². The molecule has 70 valence electrons. The summed E-state index contributed by atoms with van der Waals surface area (Å²) in [5.41, 5.74) is 0.241. The van der Waals surface area contributed by atoms with Gasteiger partial charge in [-0.3, -0.25) is 0 Å². The van der Waals surface area contributed by atoms with Crippen LogP contribution < -0.4 is 0 Å². The van der Waals surface area contributed by atoms with Gasteiger partial charge < -0.3 is 5.11 Å². The minimum atomic E-state index is -0.470. The van der Waals surface area contributed by atoms with Gasteiger partial charge in [-0.05, 0) is 37.3 Å². The molecule has 0 radical (unpaired) electrons. The summed E-state index contributed by atoms with van der Waals surface area (Å²) >= 11 is 0. The summed E-state index contributed by atoms with van der Waals surface area (Å²) in [4.78, 5) is 0. The van der Waals surface area contributed by atoms with Crippen LogP contribution in [-0.2, 0) is 6.42 Å². The van der Waals surface area contributed by atoms with Crippen LogP contribution in [0.3, 0.4) is 0 Å². The van der Waals surface area contributed by atoms with Gasteiger partial charge >= 0.3 is 0 Å². The van der Waals surface area contributed by atoms with Crippen molar-refractivity contribution in [2.45, 2.75) is 31.3 Å². The molecule has 0 saturated heterocycles. The summed E-state index contributed by atoms with van der Waals surface area (Å²) in [6.07, 6.45) is 3.08. The smallest absolute Gasteiger partial charge is 0.126 e. The zero-order chi connectivity index (χ0) is 9.31. The van der Waals surface area contributed by atoms with E-state index in [0.29, 0.717) is 18.4 Å². The predicted octanol–water partition coefficient (Wildman–Crippen LogP) is 2.28. The first kappa shape index (κ1) is 8.70. The molecule has 0 unspecified atom stereocenters. The molecule has 2 rings (SSSR count). The lowest BCUT2D eigenvalue weighted by Gasteiger charge is -2.07. The van der Waals surface area contributed by atoms with Gasteiger partial charge in [0.2, 0.25) is 0 Å². The van der Waals surface area contributed by atoms with Gasteiger partial charge in [0, 0.05) is 0 Å². The lowest BCUT2D eigenvalue weighted by Crippen LogP contribution is -2.08. The Morgan fingerprint density at radius 2 is 2.00 bits per heavy atom. The molecule has 0 heterocycles. The van der Waals surface area contributed by atoms with Crippen LogP contribution in [0.4, 0.5) is 4.39 Å². The van der Waals surface area contributed by atoms with Gasteiger partial charge in [-0.1, -0.05) is 18.2 Å². The summed E-state index contributed by atoms with van der Waals surface area (Å²) in [6.45, 7) is 0. The van der Waals surface area contributed by atoms with Gasteiger partial charge in [0.05, 0.1) is 5.60 Å². The summed E-state index contributed by atoms with van der Waals surface area (Å²) in [5.74, 6) is -0.160.